The highest BCUT2D eigenvalue weighted by atomic mass is 19.4. The SMILES string of the molecule is CC(C)C(c1ccc(C(F)(F)F)nc1)n1cc(-c2cc(C(=O)NC3CCOC3)n3nc(N)nc3c2)cn1. The van der Waals surface area contributed by atoms with E-state index in [2.05, 4.69) is 25.5 Å². The van der Waals surface area contributed by atoms with Crippen molar-refractivity contribution in [2.75, 3.05) is 18.9 Å². The van der Waals surface area contributed by atoms with Gasteiger partial charge in [0.25, 0.3) is 5.91 Å². The van der Waals surface area contributed by atoms with Gasteiger partial charge < -0.3 is 15.8 Å². The average Bonchev–Trinajstić information content (AvgIpc) is 3.59. The van der Waals surface area contributed by atoms with E-state index in [9.17, 15) is 18.0 Å². The van der Waals surface area contributed by atoms with Gasteiger partial charge in [-0.05, 0) is 41.7 Å². The second-order valence-electron chi connectivity index (χ2n) is 9.28. The number of alkyl halides is 3. The number of nitrogens with two attached hydrogens (primary N) is 1. The summed E-state index contributed by atoms with van der Waals surface area (Å²) in [5.74, 6) is -0.309. The lowest BCUT2D eigenvalue weighted by atomic mass is 9.97. The Bertz CT molecular complexity index is 1420. The van der Waals surface area contributed by atoms with Gasteiger partial charge in [-0.25, -0.2) is 4.52 Å². The Labute approximate surface area is 209 Å². The van der Waals surface area contributed by atoms with Crippen molar-refractivity contribution >= 4 is 17.5 Å². The molecule has 1 saturated heterocycles. The molecule has 37 heavy (non-hydrogen) atoms. The highest BCUT2D eigenvalue weighted by molar-refractivity contribution is 5.95. The zero-order valence-electron chi connectivity index (χ0n) is 20.1. The molecule has 5 rings (SSSR count). The molecule has 13 heteroatoms. The number of nitrogens with zero attached hydrogens (tertiary/aromatic N) is 6. The molecule has 4 aromatic rings. The summed E-state index contributed by atoms with van der Waals surface area (Å²) in [6.45, 7) is 4.92. The summed E-state index contributed by atoms with van der Waals surface area (Å²) in [4.78, 5) is 20.9. The van der Waals surface area contributed by atoms with Crippen molar-refractivity contribution in [3.8, 4) is 11.1 Å². The highest BCUT2D eigenvalue weighted by Crippen LogP contribution is 2.32. The summed E-state index contributed by atoms with van der Waals surface area (Å²) < 4.78 is 47.3. The van der Waals surface area contributed by atoms with Gasteiger partial charge in [0, 0.05) is 24.6 Å². The van der Waals surface area contributed by atoms with E-state index in [1.165, 1.54) is 16.8 Å². The standard InChI is InChI=1S/C24H25F3N8O2/c1-13(2)21(14-3-4-19(29-9-14)24(25,26)27)34-11-16(10-30-34)15-7-18(22(36)31-17-5-6-37-12-17)35-20(8-15)32-23(28)33-35/h3-4,7-11,13,17,21H,5-6,12H2,1-2H3,(H2,28,33)(H,31,36). The Kier molecular flexibility index (Phi) is 6.31. The quantitative estimate of drug-likeness (QED) is 0.404. The molecule has 5 heterocycles. The van der Waals surface area contributed by atoms with Crippen LogP contribution in [0.15, 0.2) is 42.9 Å². The van der Waals surface area contributed by atoms with Gasteiger partial charge in [-0.15, -0.1) is 5.10 Å². The number of carbonyl (C=O) groups excluding carboxylic acids is 1. The fraction of sp³-hybridized carbons (Fsp3) is 0.375. The highest BCUT2D eigenvalue weighted by Gasteiger charge is 2.32. The Morgan fingerprint density at radius 3 is 2.68 bits per heavy atom. The monoisotopic (exact) mass is 514 g/mol. The number of nitrogens with one attached hydrogen (secondary N) is 1. The maximum Gasteiger partial charge on any atom is 0.433 e. The minimum Gasteiger partial charge on any atom is -0.379 e. The molecule has 1 aliphatic rings. The zero-order chi connectivity index (χ0) is 26.3. The third kappa shape index (κ3) is 4.99. The van der Waals surface area contributed by atoms with Gasteiger partial charge in [0.2, 0.25) is 5.95 Å². The lowest BCUT2D eigenvalue weighted by molar-refractivity contribution is -0.141. The maximum atomic E-state index is 13.1. The third-order valence-electron chi connectivity index (χ3n) is 6.22. The van der Waals surface area contributed by atoms with Crippen LogP contribution >= 0.6 is 0 Å². The second-order valence-corrected chi connectivity index (χ2v) is 9.28. The van der Waals surface area contributed by atoms with Gasteiger partial charge in [0.15, 0.2) is 5.65 Å². The summed E-state index contributed by atoms with van der Waals surface area (Å²) in [5.41, 5.74) is 7.44. The summed E-state index contributed by atoms with van der Waals surface area (Å²) in [6, 6.07) is 5.35. The molecule has 0 aliphatic carbocycles. The van der Waals surface area contributed by atoms with Crippen molar-refractivity contribution in [2.24, 2.45) is 5.92 Å². The Morgan fingerprint density at radius 1 is 1.22 bits per heavy atom. The molecule has 1 aliphatic heterocycles. The topological polar surface area (TPSA) is 125 Å². The van der Waals surface area contributed by atoms with E-state index < -0.39 is 11.9 Å². The molecular weight excluding hydrogens is 489 g/mol. The first kappa shape index (κ1) is 24.7. The minimum atomic E-state index is -4.51. The van der Waals surface area contributed by atoms with Gasteiger partial charge >= 0.3 is 6.18 Å². The number of carbonyl (C=O) groups is 1. The molecule has 2 unspecified atom stereocenters. The van der Waals surface area contributed by atoms with Crippen LogP contribution < -0.4 is 11.1 Å². The van der Waals surface area contributed by atoms with E-state index >= 15 is 0 Å². The van der Waals surface area contributed by atoms with E-state index in [0.717, 1.165) is 12.5 Å². The number of aromatic nitrogens is 6. The summed E-state index contributed by atoms with van der Waals surface area (Å²) in [6.07, 6.45) is 0.847. The first-order valence-electron chi connectivity index (χ1n) is 11.7. The molecule has 10 nitrogen and oxygen atoms in total. The zero-order valence-corrected chi connectivity index (χ0v) is 20.1. The number of ether oxygens (including phenoxy) is 1. The summed E-state index contributed by atoms with van der Waals surface area (Å²) in [5, 5.41) is 11.6. The second kappa shape index (κ2) is 9.47. The average molecular weight is 515 g/mol. The molecule has 0 bridgehead atoms. The number of fused-ring (bicyclic) bond motifs is 1. The van der Waals surface area contributed by atoms with Gasteiger partial charge in [-0.1, -0.05) is 19.9 Å². The molecule has 4 aromatic heterocycles. The van der Waals surface area contributed by atoms with E-state index in [1.54, 1.807) is 29.2 Å². The van der Waals surface area contributed by atoms with Crippen molar-refractivity contribution in [2.45, 2.75) is 38.5 Å². The van der Waals surface area contributed by atoms with Gasteiger partial charge in [0.1, 0.15) is 11.4 Å². The van der Waals surface area contributed by atoms with Crippen LogP contribution in [0.25, 0.3) is 16.8 Å². The number of rotatable bonds is 6. The third-order valence-corrected chi connectivity index (χ3v) is 6.22. The van der Waals surface area contributed by atoms with Gasteiger partial charge in [-0.2, -0.15) is 23.3 Å². The smallest absolute Gasteiger partial charge is 0.379 e. The van der Waals surface area contributed by atoms with E-state index in [1.807, 2.05) is 13.8 Å². The lowest BCUT2D eigenvalue weighted by Gasteiger charge is -2.22. The molecule has 0 spiro atoms. The molecule has 0 aromatic carbocycles. The largest absolute Gasteiger partial charge is 0.433 e. The molecule has 3 N–H and O–H groups in total. The van der Waals surface area contributed by atoms with Crippen LogP contribution in [0, 0.1) is 5.92 Å². The fourth-order valence-electron chi connectivity index (χ4n) is 4.47. The Morgan fingerprint density at radius 2 is 2.03 bits per heavy atom. The van der Waals surface area contributed by atoms with E-state index in [0.29, 0.717) is 35.6 Å². The van der Waals surface area contributed by atoms with Crippen molar-refractivity contribution in [3.05, 3.63) is 59.8 Å². The van der Waals surface area contributed by atoms with Crippen LogP contribution in [0.5, 0.6) is 0 Å². The molecule has 1 fully saturated rings. The molecule has 1 amide bonds. The number of nitrogen functional groups attached to an aromatic ring is 1. The van der Waals surface area contributed by atoms with Crippen molar-refractivity contribution in [1.29, 1.82) is 0 Å². The molecular formula is C24H25F3N8O2. The molecule has 0 saturated carbocycles. The number of amides is 1. The van der Waals surface area contributed by atoms with Crippen molar-refractivity contribution < 1.29 is 22.7 Å². The Balaban J connectivity index is 1.49. The van der Waals surface area contributed by atoms with Crippen molar-refractivity contribution in [1.82, 2.24) is 34.7 Å². The van der Waals surface area contributed by atoms with Crippen LogP contribution in [0.1, 0.15) is 48.1 Å². The summed E-state index contributed by atoms with van der Waals surface area (Å²) in [7, 11) is 0. The fourth-order valence-corrected chi connectivity index (χ4v) is 4.47. The first-order valence-corrected chi connectivity index (χ1v) is 11.7. The van der Waals surface area contributed by atoms with Crippen LogP contribution in [-0.2, 0) is 10.9 Å². The van der Waals surface area contributed by atoms with Crippen LogP contribution in [0.3, 0.4) is 0 Å². The van der Waals surface area contributed by atoms with Crippen LogP contribution in [0.4, 0.5) is 19.1 Å². The number of hydrogen-bond acceptors (Lipinski definition) is 7. The van der Waals surface area contributed by atoms with E-state index in [-0.39, 0.29) is 35.6 Å². The van der Waals surface area contributed by atoms with Crippen LogP contribution in [0.2, 0.25) is 0 Å². The first-order chi connectivity index (χ1) is 17.6. The van der Waals surface area contributed by atoms with Gasteiger partial charge in [0.05, 0.1) is 24.9 Å². The lowest BCUT2D eigenvalue weighted by Crippen LogP contribution is -2.36. The van der Waals surface area contributed by atoms with E-state index in [4.69, 9.17) is 10.5 Å². The number of halogens is 3. The maximum absolute atomic E-state index is 13.1. The summed E-state index contributed by atoms with van der Waals surface area (Å²) >= 11 is 0. The number of pyridine rings is 2. The normalized spacial score (nSPS) is 17.0. The molecule has 194 valence electrons. The molecule has 2 atom stereocenters. The molecule has 0 radical (unpaired) electrons. The Hall–Kier alpha value is -4.00. The van der Waals surface area contributed by atoms with Crippen LogP contribution in [-0.4, -0.2) is 54.5 Å². The predicted octanol–water partition coefficient (Wildman–Crippen LogP) is 3.35. The number of anilines is 1. The minimum absolute atomic E-state index is 0.0000283. The van der Waals surface area contributed by atoms with Gasteiger partial charge in [-0.3, -0.25) is 14.5 Å². The number of hydrogen-bond donors (Lipinski definition) is 2. The predicted molar refractivity (Wildman–Crippen MR) is 128 cm³/mol. The van der Waals surface area contributed by atoms with Crippen molar-refractivity contribution in [3.63, 3.8) is 0 Å².